The van der Waals surface area contributed by atoms with E-state index < -0.39 is 0 Å². The van der Waals surface area contributed by atoms with E-state index in [0.717, 1.165) is 55.3 Å². The van der Waals surface area contributed by atoms with Gasteiger partial charge in [0.05, 0.1) is 0 Å². The average Bonchev–Trinajstić information content (AvgIpc) is 3.59. The molecule has 0 amide bonds. The van der Waals surface area contributed by atoms with Crippen LogP contribution >= 0.6 is 0 Å². The van der Waals surface area contributed by atoms with Crippen molar-refractivity contribution in [3.8, 4) is 45.2 Å². The molecular weight excluding hydrogens is 444 g/mol. The van der Waals surface area contributed by atoms with E-state index in [1.807, 2.05) is 60.7 Å². The third-order valence-electron chi connectivity index (χ3n) is 6.51. The molecule has 0 atom stereocenters. The van der Waals surface area contributed by atoms with Crippen molar-refractivity contribution in [2.75, 3.05) is 0 Å². The van der Waals surface area contributed by atoms with Crippen molar-refractivity contribution in [1.82, 2.24) is 10.2 Å². The SMILES string of the molecule is c1ccc(-c2nnc(-c3ccc(-c4ccccc4-c4cccc5c4oc4ccccc45)cc3)o2)cc1. The Kier molecular flexibility index (Phi) is 4.74. The Morgan fingerprint density at radius 2 is 0.972 bits per heavy atom. The fraction of sp³-hybridized carbons (Fsp3) is 0. The molecule has 5 aromatic carbocycles. The van der Waals surface area contributed by atoms with Crippen LogP contribution in [-0.4, -0.2) is 10.2 Å². The second-order valence-corrected chi connectivity index (χ2v) is 8.68. The first-order valence-corrected chi connectivity index (χ1v) is 11.8. The lowest BCUT2D eigenvalue weighted by Crippen LogP contribution is -1.86. The van der Waals surface area contributed by atoms with Gasteiger partial charge in [0.1, 0.15) is 11.2 Å². The fourth-order valence-electron chi connectivity index (χ4n) is 4.76. The highest BCUT2D eigenvalue weighted by molar-refractivity contribution is 6.10. The van der Waals surface area contributed by atoms with E-state index in [2.05, 4.69) is 70.9 Å². The number of hydrogen-bond donors (Lipinski definition) is 0. The zero-order chi connectivity index (χ0) is 23.9. The minimum Gasteiger partial charge on any atom is -0.455 e. The van der Waals surface area contributed by atoms with E-state index in [-0.39, 0.29) is 0 Å². The van der Waals surface area contributed by atoms with Crippen LogP contribution in [0.4, 0.5) is 0 Å². The molecule has 170 valence electrons. The number of hydrogen-bond acceptors (Lipinski definition) is 4. The summed E-state index contributed by atoms with van der Waals surface area (Å²) in [7, 11) is 0. The lowest BCUT2D eigenvalue weighted by Gasteiger charge is -2.11. The first kappa shape index (κ1) is 20.4. The fourth-order valence-corrected chi connectivity index (χ4v) is 4.76. The standard InChI is InChI=1S/C32H20N2O2/c1-2-9-22(10-3-1)31-33-34-32(36-31)23-19-17-21(18-20-23)24-11-4-5-12-25(24)27-14-8-15-28-26-13-6-7-16-29(26)35-30(27)28/h1-20H. The van der Waals surface area contributed by atoms with Crippen LogP contribution in [0.25, 0.3) is 67.1 Å². The molecule has 36 heavy (non-hydrogen) atoms. The zero-order valence-electron chi connectivity index (χ0n) is 19.3. The maximum absolute atomic E-state index is 6.32. The zero-order valence-corrected chi connectivity index (χ0v) is 19.3. The molecule has 0 spiro atoms. The highest BCUT2D eigenvalue weighted by Crippen LogP contribution is 2.40. The Morgan fingerprint density at radius 3 is 1.78 bits per heavy atom. The van der Waals surface area contributed by atoms with Gasteiger partial charge in [0, 0.05) is 27.5 Å². The molecule has 7 aromatic rings. The van der Waals surface area contributed by atoms with Crippen molar-refractivity contribution >= 4 is 21.9 Å². The third kappa shape index (κ3) is 3.39. The second kappa shape index (κ2) is 8.36. The van der Waals surface area contributed by atoms with Gasteiger partial charge in [-0.25, -0.2) is 0 Å². The van der Waals surface area contributed by atoms with Gasteiger partial charge in [0.15, 0.2) is 0 Å². The Bertz CT molecular complexity index is 1830. The smallest absolute Gasteiger partial charge is 0.248 e. The lowest BCUT2D eigenvalue weighted by atomic mass is 9.93. The summed E-state index contributed by atoms with van der Waals surface area (Å²) in [5, 5.41) is 10.7. The van der Waals surface area contributed by atoms with Crippen molar-refractivity contribution < 1.29 is 8.83 Å². The van der Waals surface area contributed by atoms with Crippen LogP contribution in [0.5, 0.6) is 0 Å². The van der Waals surface area contributed by atoms with Gasteiger partial charge in [-0.3, -0.25) is 0 Å². The average molecular weight is 465 g/mol. The summed E-state index contributed by atoms with van der Waals surface area (Å²) < 4.78 is 12.3. The van der Waals surface area contributed by atoms with Crippen molar-refractivity contribution in [3.63, 3.8) is 0 Å². The monoisotopic (exact) mass is 464 g/mol. The Morgan fingerprint density at radius 1 is 0.389 bits per heavy atom. The van der Waals surface area contributed by atoms with Crippen molar-refractivity contribution in [3.05, 3.63) is 121 Å². The molecule has 2 heterocycles. The molecule has 4 heteroatoms. The topological polar surface area (TPSA) is 52.1 Å². The molecule has 0 saturated heterocycles. The number of fused-ring (bicyclic) bond motifs is 3. The molecule has 0 radical (unpaired) electrons. The van der Waals surface area contributed by atoms with Crippen LogP contribution in [0.2, 0.25) is 0 Å². The molecule has 0 aliphatic carbocycles. The predicted molar refractivity (Wildman–Crippen MR) is 143 cm³/mol. The summed E-state index contributed by atoms with van der Waals surface area (Å²) in [6.07, 6.45) is 0. The molecule has 7 rings (SSSR count). The quantitative estimate of drug-likeness (QED) is 0.262. The molecule has 0 N–H and O–H groups in total. The van der Waals surface area contributed by atoms with Crippen molar-refractivity contribution in [2.45, 2.75) is 0 Å². The van der Waals surface area contributed by atoms with Gasteiger partial charge in [0.25, 0.3) is 0 Å². The van der Waals surface area contributed by atoms with Crippen LogP contribution in [0.3, 0.4) is 0 Å². The van der Waals surface area contributed by atoms with Gasteiger partial charge in [-0.05, 0) is 47.0 Å². The van der Waals surface area contributed by atoms with E-state index in [9.17, 15) is 0 Å². The third-order valence-corrected chi connectivity index (χ3v) is 6.51. The van der Waals surface area contributed by atoms with Crippen LogP contribution in [0.1, 0.15) is 0 Å². The molecule has 0 unspecified atom stereocenters. The number of para-hydroxylation sites is 2. The summed E-state index contributed by atoms with van der Waals surface area (Å²) in [5.74, 6) is 1.01. The number of rotatable bonds is 4. The summed E-state index contributed by atoms with van der Waals surface area (Å²) in [6, 6.07) is 41.0. The summed E-state index contributed by atoms with van der Waals surface area (Å²) in [4.78, 5) is 0. The minimum absolute atomic E-state index is 0.501. The second-order valence-electron chi connectivity index (χ2n) is 8.68. The maximum atomic E-state index is 6.32. The van der Waals surface area contributed by atoms with Crippen molar-refractivity contribution in [2.24, 2.45) is 0 Å². The summed E-state index contributed by atoms with van der Waals surface area (Å²) in [5.41, 5.74) is 8.02. The Labute approximate surface area is 207 Å². The van der Waals surface area contributed by atoms with Crippen LogP contribution in [-0.2, 0) is 0 Å². The molecular formula is C32H20N2O2. The molecule has 0 bridgehead atoms. The van der Waals surface area contributed by atoms with Gasteiger partial charge in [0.2, 0.25) is 11.8 Å². The van der Waals surface area contributed by atoms with Gasteiger partial charge >= 0.3 is 0 Å². The molecule has 2 aromatic heterocycles. The van der Waals surface area contributed by atoms with Gasteiger partial charge < -0.3 is 8.83 Å². The van der Waals surface area contributed by atoms with E-state index in [1.54, 1.807) is 0 Å². The summed E-state index contributed by atoms with van der Waals surface area (Å²) in [6.45, 7) is 0. The Hall–Kier alpha value is -4.96. The number of aromatic nitrogens is 2. The van der Waals surface area contributed by atoms with Crippen molar-refractivity contribution in [1.29, 1.82) is 0 Å². The van der Waals surface area contributed by atoms with Gasteiger partial charge in [-0.1, -0.05) is 91.0 Å². The number of furan rings is 1. The minimum atomic E-state index is 0.501. The van der Waals surface area contributed by atoms with E-state index in [1.165, 1.54) is 0 Å². The molecule has 0 aliphatic heterocycles. The highest BCUT2D eigenvalue weighted by atomic mass is 16.4. The number of benzene rings is 5. The van der Waals surface area contributed by atoms with Crippen LogP contribution < -0.4 is 0 Å². The maximum Gasteiger partial charge on any atom is 0.248 e. The first-order valence-electron chi connectivity index (χ1n) is 11.8. The molecule has 0 saturated carbocycles. The van der Waals surface area contributed by atoms with Crippen LogP contribution in [0.15, 0.2) is 130 Å². The van der Waals surface area contributed by atoms with Gasteiger partial charge in [-0.2, -0.15) is 0 Å². The van der Waals surface area contributed by atoms with E-state index in [0.29, 0.717) is 11.8 Å². The molecule has 4 nitrogen and oxygen atoms in total. The number of nitrogens with zero attached hydrogens (tertiary/aromatic N) is 2. The van der Waals surface area contributed by atoms with Gasteiger partial charge in [-0.15, -0.1) is 10.2 Å². The highest BCUT2D eigenvalue weighted by Gasteiger charge is 2.16. The molecule has 0 fully saturated rings. The summed E-state index contributed by atoms with van der Waals surface area (Å²) >= 11 is 0. The lowest BCUT2D eigenvalue weighted by molar-refractivity contribution is 0.584. The predicted octanol–water partition coefficient (Wildman–Crippen LogP) is 8.64. The largest absolute Gasteiger partial charge is 0.455 e. The molecule has 0 aliphatic rings. The normalized spacial score (nSPS) is 11.3. The van der Waals surface area contributed by atoms with E-state index in [4.69, 9.17) is 8.83 Å². The Balaban J connectivity index is 1.29. The van der Waals surface area contributed by atoms with Crippen LogP contribution in [0, 0.1) is 0 Å². The van der Waals surface area contributed by atoms with E-state index >= 15 is 0 Å². The first-order chi connectivity index (χ1) is 17.8.